The van der Waals surface area contributed by atoms with Crippen LogP contribution in [0.15, 0.2) is 78.9 Å². The lowest BCUT2D eigenvalue weighted by Crippen LogP contribution is -2.48. The average Bonchev–Trinajstić information content (AvgIpc) is 3.08. The summed E-state index contributed by atoms with van der Waals surface area (Å²) in [7, 11) is 8.68. The van der Waals surface area contributed by atoms with Crippen molar-refractivity contribution in [2.24, 2.45) is 0 Å². The van der Waals surface area contributed by atoms with E-state index in [9.17, 15) is 14.0 Å². The second-order valence-corrected chi connectivity index (χ2v) is 10.9. The number of ether oxygens (including phenoxy) is 5. The van der Waals surface area contributed by atoms with Gasteiger partial charge in [0, 0.05) is 23.1 Å². The van der Waals surface area contributed by atoms with E-state index in [0.29, 0.717) is 54.8 Å². The maximum atomic E-state index is 14.0. The standard InChI is InChI=1S/C22H28FNO5.C14H10O4/c1-24(2)22(8-9-29-18-7-6-16(23)12-17(18)22)14-28-13-15-10-19(25-3)21(27-5)20(11-15)26-4;15-10-7-5-9(6-8-10)13(16)11-3-1-2-4-12(11)14(17)18/h6-7,10-12H,8-9,13-14H2,1-5H3;1-8,15H,(H,17,18). The van der Waals surface area contributed by atoms with E-state index in [1.54, 1.807) is 39.5 Å². The van der Waals surface area contributed by atoms with Gasteiger partial charge < -0.3 is 33.9 Å². The zero-order valence-corrected chi connectivity index (χ0v) is 26.9. The first-order valence-electron chi connectivity index (χ1n) is 14.7. The number of halogens is 1. The molecule has 1 aliphatic heterocycles. The van der Waals surface area contributed by atoms with Gasteiger partial charge in [-0.05, 0) is 80.3 Å². The van der Waals surface area contributed by atoms with Crippen molar-refractivity contribution in [2.45, 2.75) is 18.6 Å². The van der Waals surface area contributed by atoms with E-state index < -0.39 is 11.5 Å². The van der Waals surface area contributed by atoms with Gasteiger partial charge in [-0.3, -0.25) is 9.69 Å². The van der Waals surface area contributed by atoms with Crippen LogP contribution in [0.2, 0.25) is 0 Å². The Balaban J connectivity index is 0.000000238. The number of carboxylic acids is 1. The third kappa shape index (κ3) is 7.82. The summed E-state index contributed by atoms with van der Waals surface area (Å²) >= 11 is 0. The second kappa shape index (κ2) is 15.4. The van der Waals surface area contributed by atoms with E-state index in [1.165, 1.54) is 48.5 Å². The van der Waals surface area contributed by atoms with Crippen molar-refractivity contribution in [3.8, 4) is 28.7 Å². The Kier molecular flexibility index (Phi) is 11.4. The number of carbonyl (C=O) groups is 2. The molecule has 2 N–H and O–H groups in total. The number of phenolic OH excluding ortho intramolecular Hbond substituents is 1. The predicted molar refractivity (Wildman–Crippen MR) is 173 cm³/mol. The number of likely N-dealkylation sites (N-methyl/N-ethyl adjacent to an activating group) is 1. The lowest BCUT2D eigenvalue weighted by atomic mass is 9.84. The van der Waals surface area contributed by atoms with Crippen LogP contribution in [-0.4, -0.2) is 75.5 Å². The molecule has 0 bridgehead atoms. The Bertz CT molecular complexity index is 1680. The number of fused-ring (bicyclic) bond motifs is 1. The number of phenols is 1. The highest BCUT2D eigenvalue weighted by Gasteiger charge is 2.40. The first-order chi connectivity index (χ1) is 22.5. The number of carboxylic acid groups (broad SMARTS) is 1. The fraction of sp³-hybridized carbons (Fsp3) is 0.278. The van der Waals surface area contributed by atoms with E-state index >= 15 is 0 Å². The lowest BCUT2D eigenvalue weighted by Gasteiger charge is -2.43. The Labute approximate surface area is 272 Å². The number of aromatic hydroxyl groups is 1. The second-order valence-electron chi connectivity index (χ2n) is 10.9. The molecular formula is C36H38FNO9. The van der Waals surface area contributed by atoms with Gasteiger partial charge in [-0.2, -0.15) is 0 Å². The Morgan fingerprint density at radius 1 is 0.894 bits per heavy atom. The van der Waals surface area contributed by atoms with E-state index in [-0.39, 0.29) is 28.5 Å². The largest absolute Gasteiger partial charge is 0.508 e. The average molecular weight is 648 g/mol. The normalized spacial score (nSPS) is 15.0. The van der Waals surface area contributed by atoms with Gasteiger partial charge in [-0.25, -0.2) is 9.18 Å². The molecule has 11 heteroatoms. The van der Waals surface area contributed by atoms with Crippen molar-refractivity contribution in [1.29, 1.82) is 0 Å². The molecule has 0 aromatic heterocycles. The van der Waals surface area contributed by atoms with Crippen LogP contribution < -0.4 is 18.9 Å². The van der Waals surface area contributed by atoms with Crippen LogP contribution in [0, 0.1) is 5.82 Å². The molecule has 0 aliphatic carbocycles. The maximum absolute atomic E-state index is 14.0. The SMILES string of the molecule is COc1cc(COCC2(N(C)C)CCOc3ccc(F)cc32)cc(OC)c1OC.O=C(O)c1ccccc1C(=O)c1ccc(O)cc1. The molecule has 10 nitrogen and oxygen atoms in total. The number of aromatic carboxylic acids is 1. The lowest BCUT2D eigenvalue weighted by molar-refractivity contribution is -0.0180. The van der Waals surface area contributed by atoms with Crippen LogP contribution in [0.5, 0.6) is 28.7 Å². The van der Waals surface area contributed by atoms with Crippen LogP contribution in [0.3, 0.4) is 0 Å². The van der Waals surface area contributed by atoms with Gasteiger partial charge in [0.05, 0.1) is 52.3 Å². The Hall–Kier alpha value is -5.13. The highest BCUT2D eigenvalue weighted by Crippen LogP contribution is 2.42. The summed E-state index contributed by atoms with van der Waals surface area (Å²) in [6.07, 6.45) is 0.700. The van der Waals surface area contributed by atoms with Crippen molar-refractivity contribution >= 4 is 11.8 Å². The molecule has 0 radical (unpaired) electrons. The molecule has 47 heavy (non-hydrogen) atoms. The van der Waals surface area contributed by atoms with Gasteiger partial charge in [-0.1, -0.05) is 18.2 Å². The van der Waals surface area contributed by atoms with E-state index in [0.717, 1.165) is 11.1 Å². The first-order valence-corrected chi connectivity index (χ1v) is 14.7. The van der Waals surface area contributed by atoms with Crippen molar-refractivity contribution in [3.05, 3.63) is 112 Å². The van der Waals surface area contributed by atoms with Crippen molar-refractivity contribution in [2.75, 3.05) is 48.6 Å². The summed E-state index contributed by atoms with van der Waals surface area (Å²) in [5, 5.41) is 18.2. The van der Waals surface area contributed by atoms with Crippen molar-refractivity contribution < 1.29 is 47.9 Å². The first kappa shape index (κ1) is 34.7. The molecule has 1 unspecified atom stereocenters. The van der Waals surface area contributed by atoms with Gasteiger partial charge in [0.15, 0.2) is 17.3 Å². The molecule has 0 saturated carbocycles. The quantitative estimate of drug-likeness (QED) is 0.189. The number of benzene rings is 4. The zero-order chi connectivity index (χ0) is 34.1. The third-order valence-electron chi connectivity index (χ3n) is 7.94. The van der Waals surface area contributed by atoms with Crippen molar-refractivity contribution in [1.82, 2.24) is 4.90 Å². The Morgan fingerprint density at radius 2 is 1.53 bits per heavy atom. The van der Waals surface area contributed by atoms with Gasteiger partial charge in [-0.15, -0.1) is 0 Å². The van der Waals surface area contributed by atoms with Gasteiger partial charge >= 0.3 is 5.97 Å². The fourth-order valence-electron chi connectivity index (χ4n) is 5.39. The molecule has 4 aromatic carbocycles. The van der Waals surface area contributed by atoms with Crippen LogP contribution in [0.25, 0.3) is 0 Å². The topological polar surface area (TPSA) is 124 Å². The Morgan fingerprint density at radius 3 is 2.11 bits per heavy atom. The molecule has 4 aromatic rings. The molecule has 248 valence electrons. The third-order valence-corrected chi connectivity index (χ3v) is 7.94. The molecule has 0 spiro atoms. The zero-order valence-electron chi connectivity index (χ0n) is 26.9. The molecule has 0 saturated heterocycles. The van der Waals surface area contributed by atoms with Crippen molar-refractivity contribution in [3.63, 3.8) is 0 Å². The minimum absolute atomic E-state index is 0.0319. The van der Waals surface area contributed by atoms with Crippen LogP contribution in [-0.2, 0) is 16.9 Å². The number of hydrogen-bond donors (Lipinski definition) is 2. The van der Waals surface area contributed by atoms with E-state index in [1.807, 2.05) is 26.2 Å². The number of methoxy groups -OCH3 is 3. The monoisotopic (exact) mass is 647 g/mol. The minimum atomic E-state index is -1.14. The highest BCUT2D eigenvalue weighted by molar-refractivity contribution is 6.14. The number of ketones is 1. The molecule has 1 heterocycles. The number of carbonyl (C=O) groups excluding carboxylic acids is 1. The molecular weight excluding hydrogens is 609 g/mol. The number of hydrogen-bond acceptors (Lipinski definition) is 9. The molecule has 1 aliphatic rings. The molecule has 1 atom stereocenters. The van der Waals surface area contributed by atoms with E-state index in [2.05, 4.69) is 4.90 Å². The van der Waals surface area contributed by atoms with Gasteiger partial charge in [0.2, 0.25) is 5.75 Å². The molecule has 5 rings (SSSR count). The maximum Gasteiger partial charge on any atom is 0.336 e. The highest BCUT2D eigenvalue weighted by atomic mass is 19.1. The fourth-order valence-corrected chi connectivity index (χ4v) is 5.39. The molecule has 0 fully saturated rings. The van der Waals surface area contributed by atoms with Gasteiger partial charge in [0.25, 0.3) is 0 Å². The summed E-state index contributed by atoms with van der Waals surface area (Å²) in [6.45, 7) is 1.28. The number of rotatable bonds is 11. The van der Waals surface area contributed by atoms with Crippen LogP contribution >= 0.6 is 0 Å². The number of nitrogens with zero attached hydrogens (tertiary/aromatic N) is 1. The summed E-state index contributed by atoms with van der Waals surface area (Å²) in [4.78, 5) is 25.2. The van der Waals surface area contributed by atoms with Crippen LogP contribution in [0.1, 0.15) is 43.8 Å². The minimum Gasteiger partial charge on any atom is -0.508 e. The van der Waals surface area contributed by atoms with Gasteiger partial charge in [0.1, 0.15) is 17.3 Å². The smallest absolute Gasteiger partial charge is 0.336 e. The van der Waals surface area contributed by atoms with Crippen LogP contribution in [0.4, 0.5) is 4.39 Å². The van der Waals surface area contributed by atoms with E-state index in [4.69, 9.17) is 33.9 Å². The predicted octanol–water partition coefficient (Wildman–Crippen LogP) is 5.93. The summed E-state index contributed by atoms with van der Waals surface area (Å²) in [5.74, 6) is 0.631. The molecule has 0 amide bonds. The summed E-state index contributed by atoms with van der Waals surface area (Å²) < 4.78 is 42.0. The summed E-state index contributed by atoms with van der Waals surface area (Å²) in [5.41, 5.74) is 1.66. The summed E-state index contributed by atoms with van der Waals surface area (Å²) in [6, 6.07) is 20.1.